The first-order chi connectivity index (χ1) is 9.03. The van der Waals surface area contributed by atoms with Gasteiger partial charge in [-0.3, -0.25) is 0 Å². The van der Waals surface area contributed by atoms with Gasteiger partial charge in [0.15, 0.2) is 0 Å². The summed E-state index contributed by atoms with van der Waals surface area (Å²) in [5, 5.41) is 5.61. The number of methoxy groups -OCH3 is 1. The molecule has 1 fully saturated rings. The van der Waals surface area contributed by atoms with E-state index in [1.807, 2.05) is 13.8 Å². The van der Waals surface area contributed by atoms with Crippen molar-refractivity contribution in [2.24, 2.45) is 5.92 Å². The average molecular weight is 268 g/mol. The van der Waals surface area contributed by atoms with Crippen molar-refractivity contribution in [1.29, 1.82) is 0 Å². The number of amides is 2. The summed E-state index contributed by atoms with van der Waals surface area (Å²) >= 11 is 0. The quantitative estimate of drug-likeness (QED) is 0.735. The van der Waals surface area contributed by atoms with E-state index in [2.05, 4.69) is 16.6 Å². The third kappa shape index (κ3) is 4.73. The van der Waals surface area contributed by atoms with Crippen molar-refractivity contribution in [3.05, 3.63) is 0 Å². The molecule has 0 radical (unpaired) electrons. The van der Waals surface area contributed by atoms with Gasteiger partial charge in [0.1, 0.15) is 0 Å². The molecule has 0 spiro atoms. The zero-order valence-corrected chi connectivity index (χ0v) is 12.0. The Balaban J connectivity index is 2.42. The topological polar surface area (TPSA) is 59.6 Å². The first-order valence-corrected chi connectivity index (χ1v) is 6.66. The first-order valence-electron chi connectivity index (χ1n) is 6.66. The Morgan fingerprint density at radius 3 is 2.58 bits per heavy atom. The van der Waals surface area contributed by atoms with Crippen LogP contribution in [0.4, 0.5) is 4.79 Å². The molecule has 2 N–H and O–H groups in total. The van der Waals surface area contributed by atoms with Gasteiger partial charge in [0, 0.05) is 39.7 Å². The highest BCUT2D eigenvalue weighted by molar-refractivity contribution is 5.74. The standard InChI is InChI=1S/C14H24N2O3/c1-5-12(11(2)3)16-13(17)15-10-14(18-4)6-8-19-9-7-14/h1,11-12H,6-10H2,2-4H3,(H2,15,16,17)/t12-/m0/s1. The minimum atomic E-state index is -0.320. The lowest BCUT2D eigenvalue weighted by atomic mass is 9.94. The third-order valence-corrected chi connectivity index (χ3v) is 3.54. The predicted octanol–water partition coefficient (Wildman–Crippen LogP) is 1.14. The largest absolute Gasteiger partial charge is 0.381 e. The van der Waals surface area contributed by atoms with Crippen molar-refractivity contribution < 1.29 is 14.3 Å². The number of ether oxygens (including phenoxy) is 2. The monoisotopic (exact) mass is 268 g/mol. The van der Waals surface area contributed by atoms with Gasteiger partial charge in [-0.25, -0.2) is 4.79 Å². The van der Waals surface area contributed by atoms with Crippen molar-refractivity contribution >= 4 is 6.03 Å². The van der Waals surface area contributed by atoms with Crippen LogP contribution in [0.5, 0.6) is 0 Å². The number of terminal acetylenes is 1. The number of hydrogen-bond acceptors (Lipinski definition) is 3. The molecule has 1 aliphatic heterocycles. The Hall–Kier alpha value is -1.25. The lowest BCUT2D eigenvalue weighted by Gasteiger charge is -2.36. The normalized spacial score (nSPS) is 19.5. The lowest BCUT2D eigenvalue weighted by Crippen LogP contribution is -2.52. The second-order valence-corrected chi connectivity index (χ2v) is 5.21. The van der Waals surface area contributed by atoms with Gasteiger partial charge in [-0.15, -0.1) is 6.42 Å². The smallest absolute Gasteiger partial charge is 0.315 e. The molecule has 0 aliphatic carbocycles. The summed E-state index contributed by atoms with van der Waals surface area (Å²) in [5.41, 5.74) is -0.320. The van der Waals surface area contributed by atoms with Gasteiger partial charge in [0.05, 0.1) is 11.6 Å². The molecule has 2 amide bonds. The maximum atomic E-state index is 11.8. The molecule has 1 aliphatic rings. The summed E-state index contributed by atoms with van der Waals surface area (Å²) in [6.07, 6.45) is 6.95. The Labute approximate surface area is 115 Å². The SMILES string of the molecule is C#C[C@H](NC(=O)NCC1(OC)CCOCC1)C(C)C. The fourth-order valence-corrected chi connectivity index (χ4v) is 2.03. The molecule has 1 saturated heterocycles. The van der Waals surface area contributed by atoms with Crippen LogP contribution in [0.25, 0.3) is 0 Å². The molecule has 1 rings (SSSR count). The Bertz CT molecular complexity index is 330. The summed E-state index contributed by atoms with van der Waals surface area (Å²) < 4.78 is 10.9. The molecule has 0 aromatic rings. The first kappa shape index (κ1) is 15.8. The van der Waals surface area contributed by atoms with Gasteiger partial charge in [0.25, 0.3) is 0 Å². The number of rotatable bonds is 5. The Morgan fingerprint density at radius 1 is 1.47 bits per heavy atom. The summed E-state index contributed by atoms with van der Waals surface area (Å²) in [6, 6.07) is -0.507. The van der Waals surface area contributed by atoms with Gasteiger partial charge in [0.2, 0.25) is 0 Å². The van der Waals surface area contributed by atoms with Crippen LogP contribution >= 0.6 is 0 Å². The summed E-state index contributed by atoms with van der Waals surface area (Å²) in [5.74, 6) is 2.77. The van der Waals surface area contributed by atoms with E-state index in [0.717, 1.165) is 12.8 Å². The van der Waals surface area contributed by atoms with E-state index in [-0.39, 0.29) is 23.6 Å². The van der Waals surface area contributed by atoms with Crippen molar-refractivity contribution in [3.8, 4) is 12.3 Å². The van der Waals surface area contributed by atoms with Crippen LogP contribution in [0, 0.1) is 18.3 Å². The van der Waals surface area contributed by atoms with E-state index < -0.39 is 0 Å². The van der Waals surface area contributed by atoms with E-state index in [1.165, 1.54) is 0 Å². The van der Waals surface area contributed by atoms with Crippen molar-refractivity contribution in [2.75, 3.05) is 26.9 Å². The van der Waals surface area contributed by atoms with Gasteiger partial charge in [-0.05, 0) is 5.92 Å². The molecule has 19 heavy (non-hydrogen) atoms. The van der Waals surface area contributed by atoms with Crippen LogP contribution in [-0.2, 0) is 9.47 Å². The summed E-state index contributed by atoms with van der Waals surface area (Å²) in [7, 11) is 1.67. The van der Waals surface area contributed by atoms with Gasteiger partial charge < -0.3 is 20.1 Å². The van der Waals surface area contributed by atoms with Crippen molar-refractivity contribution in [2.45, 2.75) is 38.3 Å². The summed E-state index contributed by atoms with van der Waals surface area (Å²) in [4.78, 5) is 11.8. The molecule has 0 aromatic carbocycles. The van der Waals surface area contributed by atoms with Crippen molar-refractivity contribution in [3.63, 3.8) is 0 Å². The molecule has 1 atom stereocenters. The average Bonchev–Trinajstić information content (AvgIpc) is 2.43. The fraction of sp³-hybridized carbons (Fsp3) is 0.786. The molecule has 0 saturated carbocycles. The van der Waals surface area contributed by atoms with E-state index in [9.17, 15) is 4.79 Å². The minimum Gasteiger partial charge on any atom is -0.381 e. The minimum absolute atomic E-state index is 0.204. The van der Waals surface area contributed by atoms with E-state index in [4.69, 9.17) is 15.9 Å². The molecule has 5 nitrogen and oxygen atoms in total. The number of hydrogen-bond donors (Lipinski definition) is 2. The number of urea groups is 1. The molecule has 108 valence electrons. The predicted molar refractivity (Wildman–Crippen MR) is 73.8 cm³/mol. The Kier molecular flexibility index (Phi) is 6.13. The van der Waals surface area contributed by atoms with E-state index in [0.29, 0.717) is 19.8 Å². The molecular formula is C14H24N2O3. The number of carbonyl (C=O) groups excluding carboxylic acids is 1. The zero-order valence-electron chi connectivity index (χ0n) is 12.0. The lowest BCUT2D eigenvalue weighted by molar-refractivity contribution is -0.0861. The Morgan fingerprint density at radius 2 is 2.11 bits per heavy atom. The van der Waals surface area contributed by atoms with Crippen molar-refractivity contribution in [1.82, 2.24) is 10.6 Å². The highest BCUT2D eigenvalue weighted by Gasteiger charge is 2.32. The zero-order chi connectivity index (χ0) is 14.3. The molecule has 1 heterocycles. The number of carbonyl (C=O) groups is 1. The molecule has 0 aromatic heterocycles. The highest BCUT2D eigenvalue weighted by atomic mass is 16.5. The van der Waals surface area contributed by atoms with Gasteiger partial charge in [-0.1, -0.05) is 19.8 Å². The highest BCUT2D eigenvalue weighted by Crippen LogP contribution is 2.23. The molecule has 5 heteroatoms. The third-order valence-electron chi connectivity index (χ3n) is 3.54. The molecular weight excluding hydrogens is 244 g/mol. The van der Waals surface area contributed by atoms with Crippen LogP contribution < -0.4 is 10.6 Å². The van der Waals surface area contributed by atoms with Crippen LogP contribution in [0.3, 0.4) is 0 Å². The second-order valence-electron chi connectivity index (χ2n) is 5.21. The van der Waals surface area contributed by atoms with E-state index >= 15 is 0 Å². The second kappa shape index (κ2) is 7.37. The maximum absolute atomic E-state index is 11.8. The molecule has 0 bridgehead atoms. The van der Waals surface area contributed by atoms with Crippen LogP contribution in [0.2, 0.25) is 0 Å². The van der Waals surface area contributed by atoms with E-state index in [1.54, 1.807) is 7.11 Å². The van der Waals surface area contributed by atoms with Gasteiger partial charge in [-0.2, -0.15) is 0 Å². The maximum Gasteiger partial charge on any atom is 0.315 e. The molecule has 0 unspecified atom stereocenters. The van der Waals surface area contributed by atoms with Crippen LogP contribution in [-0.4, -0.2) is 44.5 Å². The van der Waals surface area contributed by atoms with Crippen LogP contribution in [0.15, 0.2) is 0 Å². The number of nitrogens with one attached hydrogen (secondary N) is 2. The van der Waals surface area contributed by atoms with Crippen LogP contribution in [0.1, 0.15) is 26.7 Å². The summed E-state index contributed by atoms with van der Waals surface area (Å²) in [6.45, 7) is 5.74. The van der Waals surface area contributed by atoms with Gasteiger partial charge >= 0.3 is 6.03 Å². The fourth-order valence-electron chi connectivity index (χ4n) is 2.03.